The van der Waals surface area contributed by atoms with Crippen LogP contribution in [0, 0.1) is 5.92 Å². The van der Waals surface area contributed by atoms with E-state index in [1.807, 2.05) is 13.8 Å². The number of hydrogen-bond donors (Lipinski definition) is 0. The van der Waals surface area contributed by atoms with E-state index in [-0.39, 0.29) is 28.2 Å². The minimum atomic E-state index is -4.56. The molecule has 0 radical (unpaired) electrons. The van der Waals surface area contributed by atoms with Crippen LogP contribution in [0.2, 0.25) is 5.02 Å². The lowest BCUT2D eigenvalue weighted by Crippen LogP contribution is -2.31. The highest BCUT2D eigenvalue weighted by Crippen LogP contribution is 2.38. The molecule has 0 unspecified atom stereocenters. The summed E-state index contributed by atoms with van der Waals surface area (Å²) in [6.45, 7) is 4.50. The summed E-state index contributed by atoms with van der Waals surface area (Å²) in [5.74, 6) is 0.659. The van der Waals surface area contributed by atoms with E-state index in [9.17, 15) is 18.0 Å². The van der Waals surface area contributed by atoms with E-state index in [2.05, 4.69) is 0 Å². The summed E-state index contributed by atoms with van der Waals surface area (Å²) in [6, 6.07) is 6.70. The number of rotatable bonds is 4. The Morgan fingerprint density at radius 3 is 2.64 bits per heavy atom. The predicted octanol–water partition coefficient (Wildman–Crippen LogP) is 6.48. The van der Waals surface area contributed by atoms with Gasteiger partial charge in [-0.05, 0) is 36.2 Å². The zero-order valence-electron chi connectivity index (χ0n) is 14.8. The molecular weight excluding hydrogens is 431 g/mol. The van der Waals surface area contributed by atoms with Crippen molar-refractivity contribution in [2.45, 2.75) is 20.0 Å². The van der Waals surface area contributed by atoms with Gasteiger partial charge in [0.2, 0.25) is 0 Å². The third-order valence-corrected chi connectivity index (χ3v) is 5.59. The summed E-state index contributed by atoms with van der Waals surface area (Å²) < 4.78 is 45.2. The molecule has 148 valence electrons. The molecule has 3 nitrogen and oxygen atoms in total. The number of halogens is 4. The van der Waals surface area contributed by atoms with Crippen molar-refractivity contribution in [1.82, 2.24) is 4.90 Å². The molecule has 28 heavy (non-hydrogen) atoms. The predicted molar refractivity (Wildman–Crippen MR) is 109 cm³/mol. The maximum absolute atomic E-state index is 13.0. The number of amides is 1. The molecule has 1 saturated heterocycles. The van der Waals surface area contributed by atoms with Crippen molar-refractivity contribution in [3.8, 4) is 11.3 Å². The Morgan fingerprint density at radius 1 is 1.29 bits per heavy atom. The van der Waals surface area contributed by atoms with Gasteiger partial charge in [-0.2, -0.15) is 13.2 Å². The molecule has 1 aliphatic rings. The van der Waals surface area contributed by atoms with E-state index in [1.165, 1.54) is 28.8 Å². The van der Waals surface area contributed by atoms with Crippen molar-refractivity contribution in [1.29, 1.82) is 0 Å². The van der Waals surface area contributed by atoms with Gasteiger partial charge in [0.05, 0.1) is 15.5 Å². The summed E-state index contributed by atoms with van der Waals surface area (Å²) in [6.07, 6.45) is -3.02. The van der Waals surface area contributed by atoms with Crippen molar-refractivity contribution in [2.24, 2.45) is 5.92 Å². The number of hydrogen-bond acceptors (Lipinski definition) is 4. The van der Waals surface area contributed by atoms with Gasteiger partial charge in [0.1, 0.15) is 15.8 Å². The lowest BCUT2D eigenvalue weighted by molar-refractivity contribution is -0.137. The van der Waals surface area contributed by atoms with Crippen LogP contribution in [-0.2, 0) is 11.0 Å². The highest BCUT2D eigenvalue weighted by molar-refractivity contribution is 8.26. The Balaban J connectivity index is 1.87. The van der Waals surface area contributed by atoms with Crippen LogP contribution in [0.15, 0.2) is 39.7 Å². The molecule has 0 spiro atoms. The van der Waals surface area contributed by atoms with E-state index in [4.69, 9.17) is 28.2 Å². The molecule has 1 aromatic heterocycles. The van der Waals surface area contributed by atoms with E-state index in [0.717, 1.165) is 6.07 Å². The SMILES string of the molecule is CC(C)CN1C(=O)/C(=C/c2ccc(-c3ccc(Cl)c(C(F)(F)F)c3)o2)SC1=S. The van der Waals surface area contributed by atoms with Gasteiger partial charge in [0, 0.05) is 18.2 Å². The molecule has 1 aromatic carbocycles. The maximum atomic E-state index is 13.0. The molecule has 0 N–H and O–H groups in total. The summed E-state index contributed by atoms with van der Waals surface area (Å²) in [5.41, 5.74) is -0.692. The molecule has 2 aromatic rings. The van der Waals surface area contributed by atoms with Crippen LogP contribution in [-0.4, -0.2) is 21.7 Å². The van der Waals surface area contributed by atoms with E-state index in [1.54, 1.807) is 18.2 Å². The molecule has 2 heterocycles. The summed E-state index contributed by atoms with van der Waals surface area (Å²) in [5, 5.41) is -0.378. The van der Waals surface area contributed by atoms with Gasteiger partial charge in [-0.15, -0.1) is 0 Å². The third kappa shape index (κ3) is 4.45. The van der Waals surface area contributed by atoms with Crippen molar-refractivity contribution in [3.05, 3.63) is 51.6 Å². The van der Waals surface area contributed by atoms with Crippen LogP contribution in [0.1, 0.15) is 25.2 Å². The molecule has 9 heteroatoms. The molecule has 0 saturated carbocycles. The number of alkyl halides is 3. The second-order valence-electron chi connectivity index (χ2n) is 6.58. The average molecular weight is 446 g/mol. The van der Waals surface area contributed by atoms with E-state index >= 15 is 0 Å². The van der Waals surface area contributed by atoms with Crippen molar-refractivity contribution >= 4 is 51.9 Å². The van der Waals surface area contributed by atoms with Crippen LogP contribution in [0.4, 0.5) is 13.2 Å². The molecule has 1 aliphatic heterocycles. The monoisotopic (exact) mass is 445 g/mol. The zero-order valence-corrected chi connectivity index (χ0v) is 17.2. The third-order valence-electron chi connectivity index (χ3n) is 3.88. The number of carbonyl (C=O) groups is 1. The molecule has 1 amide bonds. The van der Waals surface area contributed by atoms with Crippen LogP contribution in [0.25, 0.3) is 17.4 Å². The molecule has 1 fully saturated rings. The summed E-state index contributed by atoms with van der Waals surface area (Å²) >= 11 is 12.1. The minimum Gasteiger partial charge on any atom is -0.457 e. The number of benzene rings is 1. The molecule has 0 atom stereocenters. The maximum Gasteiger partial charge on any atom is 0.417 e. The summed E-state index contributed by atoms with van der Waals surface area (Å²) in [4.78, 5) is 14.4. The first-order valence-corrected chi connectivity index (χ1v) is 9.89. The van der Waals surface area contributed by atoms with Crippen molar-refractivity contribution in [2.75, 3.05) is 6.54 Å². The Kier molecular flexibility index (Phi) is 5.93. The van der Waals surface area contributed by atoms with Gasteiger partial charge in [-0.3, -0.25) is 9.69 Å². The van der Waals surface area contributed by atoms with Crippen molar-refractivity contribution in [3.63, 3.8) is 0 Å². The van der Waals surface area contributed by atoms with E-state index < -0.39 is 11.7 Å². The van der Waals surface area contributed by atoms with Crippen molar-refractivity contribution < 1.29 is 22.4 Å². The first-order valence-electron chi connectivity index (χ1n) is 8.28. The fraction of sp³-hybridized carbons (Fsp3) is 0.263. The second kappa shape index (κ2) is 7.93. The van der Waals surface area contributed by atoms with Crippen LogP contribution < -0.4 is 0 Å². The average Bonchev–Trinajstić information content (AvgIpc) is 3.15. The quantitative estimate of drug-likeness (QED) is 0.398. The standard InChI is InChI=1S/C19H15ClF3NO2S2/c1-10(2)9-24-17(25)16(28-18(24)27)8-12-4-6-15(26-12)11-3-5-14(20)13(7-11)19(21,22)23/h3-8,10H,9H2,1-2H3/b16-8-. The van der Waals surface area contributed by atoms with Crippen LogP contribution >= 0.6 is 35.6 Å². The van der Waals surface area contributed by atoms with Crippen LogP contribution in [0.3, 0.4) is 0 Å². The number of carbonyl (C=O) groups excluding carboxylic acids is 1. The van der Waals surface area contributed by atoms with Gasteiger partial charge >= 0.3 is 6.18 Å². The smallest absolute Gasteiger partial charge is 0.417 e. The topological polar surface area (TPSA) is 33.5 Å². The lowest BCUT2D eigenvalue weighted by Gasteiger charge is -2.16. The van der Waals surface area contributed by atoms with Crippen LogP contribution in [0.5, 0.6) is 0 Å². The fourth-order valence-corrected chi connectivity index (χ4v) is 4.11. The number of nitrogens with zero attached hydrogens (tertiary/aromatic N) is 1. The molecular formula is C19H15ClF3NO2S2. The van der Waals surface area contributed by atoms with Gasteiger partial charge in [0.15, 0.2) is 0 Å². The zero-order chi connectivity index (χ0) is 20.6. The second-order valence-corrected chi connectivity index (χ2v) is 8.66. The van der Waals surface area contributed by atoms with Gasteiger partial charge < -0.3 is 4.42 Å². The first kappa shape index (κ1) is 21.0. The number of thioether (sulfide) groups is 1. The molecule has 0 aliphatic carbocycles. The Hall–Kier alpha value is -1.77. The Bertz CT molecular complexity index is 966. The molecule has 3 rings (SSSR count). The van der Waals surface area contributed by atoms with E-state index in [0.29, 0.717) is 21.5 Å². The first-order chi connectivity index (χ1) is 13.1. The summed E-state index contributed by atoms with van der Waals surface area (Å²) in [7, 11) is 0. The number of thiocarbonyl (C=S) groups is 1. The highest BCUT2D eigenvalue weighted by atomic mass is 35.5. The number of furan rings is 1. The van der Waals surface area contributed by atoms with Gasteiger partial charge in [-0.25, -0.2) is 0 Å². The molecule has 0 bridgehead atoms. The lowest BCUT2D eigenvalue weighted by atomic mass is 10.1. The Labute approximate surface area is 174 Å². The minimum absolute atomic E-state index is 0.201. The Morgan fingerprint density at radius 2 is 2.00 bits per heavy atom. The van der Waals surface area contributed by atoms with Gasteiger partial charge in [0.25, 0.3) is 5.91 Å². The fourth-order valence-electron chi connectivity index (χ4n) is 2.63. The normalized spacial score (nSPS) is 16.7. The largest absolute Gasteiger partial charge is 0.457 e. The van der Waals surface area contributed by atoms with Gasteiger partial charge in [-0.1, -0.05) is 49.4 Å². The highest BCUT2D eigenvalue weighted by Gasteiger charge is 2.34.